The number of rotatable bonds is 4. The Morgan fingerprint density at radius 2 is 1.86 bits per heavy atom. The second-order valence-corrected chi connectivity index (χ2v) is 4.82. The summed E-state index contributed by atoms with van der Waals surface area (Å²) in [7, 11) is 0. The van der Waals surface area contributed by atoms with Gasteiger partial charge in [-0.3, -0.25) is 9.59 Å². The van der Waals surface area contributed by atoms with Crippen molar-refractivity contribution in [3.05, 3.63) is 23.9 Å². The van der Waals surface area contributed by atoms with E-state index in [4.69, 9.17) is 0 Å². The fourth-order valence-electron chi connectivity index (χ4n) is 1.62. The molecule has 0 spiro atoms. The lowest BCUT2D eigenvalue weighted by Gasteiger charge is -2.20. The lowest BCUT2D eigenvalue weighted by atomic mass is 10.0. The zero-order valence-electron chi connectivity index (χ0n) is 11.8. The van der Waals surface area contributed by atoms with Crippen molar-refractivity contribution in [1.29, 1.82) is 0 Å². The first kappa shape index (κ1) is 16.9. The van der Waals surface area contributed by atoms with Crippen molar-refractivity contribution in [2.24, 2.45) is 5.92 Å². The van der Waals surface area contributed by atoms with Crippen molar-refractivity contribution in [3.63, 3.8) is 0 Å². The van der Waals surface area contributed by atoms with Gasteiger partial charge in [0.15, 0.2) is 0 Å². The largest absolute Gasteiger partial charge is 0.433 e. The normalized spacial score (nSPS) is 12.9. The molecule has 2 N–H and O–H groups in total. The minimum Gasteiger partial charge on any atom is -0.344 e. The summed E-state index contributed by atoms with van der Waals surface area (Å²) in [6.45, 7) is 4.67. The minimum atomic E-state index is -4.59. The quantitative estimate of drug-likeness (QED) is 0.895. The summed E-state index contributed by atoms with van der Waals surface area (Å²) in [6.07, 6.45) is -4.59. The molecule has 1 heterocycles. The molecule has 1 aromatic rings. The highest BCUT2D eigenvalue weighted by Crippen LogP contribution is 2.28. The molecule has 116 valence electrons. The van der Waals surface area contributed by atoms with Gasteiger partial charge in [-0.05, 0) is 18.1 Å². The number of carbonyl (C=O) groups is 2. The standard InChI is InChI=1S/C13H16F3N3O2/c1-7(2)11(17-8(3)20)12(21)19-10-6-4-5-9(18-10)13(14,15)16/h4-7,11H,1-3H3,(H,17,20)(H,18,19,21)/t11-/m0/s1. The van der Waals surface area contributed by atoms with E-state index in [9.17, 15) is 22.8 Å². The van der Waals surface area contributed by atoms with Crippen LogP contribution in [0.2, 0.25) is 0 Å². The van der Waals surface area contributed by atoms with Crippen molar-refractivity contribution in [1.82, 2.24) is 10.3 Å². The average molecular weight is 303 g/mol. The highest BCUT2D eigenvalue weighted by molar-refractivity contribution is 5.96. The number of halogens is 3. The average Bonchev–Trinajstić information content (AvgIpc) is 2.34. The molecule has 1 atom stereocenters. The van der Waals surface area contributed by atoms with Crippen LogP contribution < -0.4 is 10.6 Å². The monoisotopic (exact) mass is 303 g/mol. The number of nitrogens with one attached hydrogen (secondary N) is 2. The predicted molar refractivity (Wildman–Crippen MR) is 70.3 cm³/mol. The van der Waals surface area contributed by atoms with Crippen LogP contribution in [0.15, 0.2) is 18.2 Å². The van der Waals surface area contributed by atoms with Crippen LogP contribution in [0.1, 0.15) is 26.5 Å². The molecular formula is C13H16F3N3O2. The zero-order chi connectivity index (χ0) is 16.2. The topological polar surface area (TPSA) is 71.1 Å². The molecule has 0 saturated heterocycles. The van der Waals surface area contributed by atoms with Gasteiger partial charge in [-0.2, -0.15) is 13.2 Å². The van der Waals surface area contributed by atoms with E-state index in [0.29, 0.717) is 0 Å². The Morgan fingerprint density at radius 3 is 2.33 bits per heavy atom. The summed E-state index contributed by atoms with van der Waals surface area (Å²) in [4.78, 5) is 26.4. The Balaban J connectivity index is 2.89. The van der Waals surface area contributed by atoms with E-state index in [0.717, 1.165) is 12.1 Å². The van der Waals surface area contributed by atoms with Crippen molar-refractivity contribution in [2.45, 2.75) is 33.0 Å². The van der Waals surface area contributed by atoms with E-state index < -0.39 is 29.7 Å². The van der Waals surface area contributed by atoms with E-state index in [1.165, 1.54) is 13.0 Å². The number of pyridine rings is 1. The van der Waals surface area contributed by atoms with Gasteiger partial charge >= 0.3 is 6.18 Å². The smallest absolute Gasteiger partial charge is 0.344 e. The molecule has 21 heavy (non-hydrogen) atoms. The zero-order valence-corrected chi connectivity index (χ0v) is 11.8. The number of anilines is 1. The van der Waals surface area contributed by atoms with E-state index in [-0.39, 0.29) is 11.7 Å². The lowest BCUT2D eigenvalue weighted by Crippen LogP contribution is -2.46. The van der Waals surface area contributed by atoms with Gasteiger partial charge < -0.3 is 10.6 Å². The number of alkyl halides is 3. The Labute approximate surface area is 119 Å². The molecule has 5 nitrogen and oxygen atoms in total. The third-order valence-corrected chi connectivity index (χ3v) is 2.60. The maximum absolute atomic E-state index is 12.5. The molecule has 0 fully saturated rings. The van der Waals surface area contributed by atoms with Crippen LogP contribution in [0.5, 0.6) is 0 Å². The fraction of sp³-hybridized carbons (Fsp3) is 0.462. The minimum absolute atomic E-state index is 0.217. The highest BCUT2D eigenvalue weighted by Gasteiger charge is 2.32. The number of carbonyl (C=O) groups excluding carboxylic acids is 2. The van der Waals surface area contributed by atoms with Crippen LogP contribution in [0.3, 0.4) is 0 Å². The maximum atomic E-state index is 12.5. The molecule has 0 aliphatic heterocycles. The van der Waals surface area contributed by atoms with Crippen LogP contribution in [0.25, 0.3) is 0 Å². The van der Waals surface area contributed by atoms with Gasteiger partial charge in [0.2, 0.25) is 11.8 Å². The molecular weight excluding hydrogens is 287 g/mol. The van der Waals surface area contributed by atoms with Crippen molar-refractivity contribution in [2.75, 3.05) is 5.32 Å². The molecule has 0 aliphatic rings. The summed E-state index contributed by atoms with van der Waals surface area (Å²) in [5, 5.41) is 4.72. The molecule has 1 rings (SSSR count). The Kier molecular flexibility index (Phi) is 5.28. The Morgan fingerprint density at radius 1 is 1.24 bits per heavy atom. The van der Waals surface area contributed by atoms with Gasteiger partial charge in [0.05, 0.1) is 0 Å². The summed E-state index contributed by atoms with van der Waals surface area (Å²) < 4.78 is 37.6. The van der Waals surface area contributed by atoms with Crippen LogP contribution in [-0.2, 0) is 15.8 Å². The number of hydrogen-bond acceptors (Lipinski definition) is 3. The molecule has 0 aliphatic carbocycles. The first-order valence-corrected chi connectivity index (χ1v) is 6.23. The second kappa shape index (κ2) is 6.55. The molecule has 0 radical (unpaired) electrons. The number of nitrogens with zero attached hydrogens (tertiary/aromatic N) is 1. The van der Waals surface area contributed by atoms with Crippen LogP contribution >= 0.6 is 0 Å². The first-order chi connectivity index (χ1) is 9.61. The van der Waals surface area contributed by atoms with Gasteiger partial charge in [-0.15, -0.1) is 0 Å². The highest BCUT2D eigenvalue weighted by atomic mass is 19.4. The number of hydrogen-bond donors (Lipinski definition) is 2. The van der Waals surface area contributed by atoms with Gasteiger partial charge in [-0.25, -0.2) is 4.98 Å². The van der Waals surface area contributed by atoms with Crippen molar-refractivity contribution >= 4 is 17.6 Å². The number of aromatic nitrogens is 1. The molecule has 0 unspecified atom stereocenters. The van der Waals surface area contributed by atoms with E-state index in [2.05, 4.69) is 15.6 Å². The summed E-state index contributed by atoms with van der Waals surface area (Å²) in [5.41, 5.74) is -1.10. The molecule has 0 bridgehead atoms. The summed E-state index contributed by atoms with van der Waals surface area (Å²) >= 11 is 0. The van der Waals surface area contributed by atoms with E-state index >= 15 is 0 Å². The van der Waals surface area contributed by atoms with Crippen LogP contribution in [0, 0.1) is 5.92 Å². The molecule has 2 amide bonds. The Bertz CT molecular complexity index is 530. The molecule has 8 heteroatoms. The lowest BCUT2D eigenvalue weighted by molar-refractivity contribution is -0.141. The fourth-order valence-corrected chi connectivity index (χ4v) is 1.62. The van der Waals surface area contributed by atoms with Crippen molar-refractivity contribution < 1.29 is 22.8 Å². The Hall–Kier alpha value is -2.12. The number of amides is 2. The third-order valence-electron chi connectivity index (χ3n) is 2.60. The van der Waals surface area contributed by atoms with E-state index in [1.807, 2.05) is 0 Å². The van der Waals surface area contributed by atoms with Gasteiger partial charge in [0.25, 0.3) is 0 Å². The first-order valence-electron chi connectivity index (χ1n) is 6.23. The SMILES string of the molecule is CC(=O)N[C@H](C(=O)Nc1cccc(C(F)(F)F)n1)C(C)C. The molecule has 0 saturated carbocycles. The molecule has 0 aromatic carbocycles. The van der Waals surface area contributed by atoms with Gasteiger partial charge in [-0.1, -0.05) is 19.9 Å². The summed E-state index contributed by atoms with van der Waals surface area (Å²) in [6, 6.07) is 2.36. The van der Waals surface area contributed by atoms with Crippen LogP contribution in [-0.4, -0.2) is 22.8 Å². The van der Waals surface area contributed by atoms with E-state index in [1.54, 1.807) is 13.8 Å². The molecule has 1 aromatic heterocycles. The van der Waals surface area contributed by atoms with Gasteiger partial charge in [0, 0.05) is 6.92 Å². The summed E-state index contributed by atoms with van der Waals surface area (Å²) in [5.74, 6) is -1.46. The van der Waals surface area contributed by atoms with Gasteiger partial charge in [0.1, 0.15) is 17.6 Å². The predicted octanol–water partition coefficient (Wildman–Crippen LogP) is 2.20. The van der Waals surface area contributed by atoms with Crippen LogP contribution in [0.4, 0.5) is 19.0 Å². The van der Waals surface area contributed by atoms with Crippen molar-refractivity contribution in [3.8, 4) is 0 Å². The third kappa shape index (κ3) is 5.05. The maximum Gasteiger partial charge on any atom is 0.433 e. The second-order valence-electron chi connectivity index (χ2n) is 4.82.